The van der Waals surface area contributed by atoms with Crippen LogP contribution >= 0.6 is 11.6 Å². The molecule has 4 rings (SSSR count). The second-order valence-corrected chi connectivity index (χ2v) is 7.50. The van der Waals surface area contributed by atoms with E-state index in [1.165, 1.54) is 12.1 Å². The Hall–Kier alpha value is -3.31. The minimum atomic E-state index is -0.244. The van der Waals surface area contributed by atoms with Crippen molar-refractivity contribution in [1.82, 2.24) is 9.55 Å². The van der Waals surface area contributed by atoms with Crippen LogP contribution in [0.1, 0.15) is 17.1 Å². The molecule has 1 heterocycles. The summed E-state index contributed by atoms with van der Waals surface area (Å²) in [6.45, 7) is 0.710. The van der Waals surface area contributed by atoms with Crippen LogP contribution in [-0.4, -0.2) is 16.1 Å². The van der Waals surface area contributed by atoms with Gasteiger partial charge in [-0.05, 0) is 54.1 Å². The van der Waals surface area contributed by atoms with Gasteiger partial charge >= 0.3 is 0 Å². The molecule has 0 radical (unpaired) electrons. The van der Waals surface area contributed by atoms with Crippen LogP contribution in [0.5, 0.6) is 0 Å². The number of hydrogen-bond donors (Lipinski definition) is 2. The Labute approximate surface area is 180 Å². The first-order chi connectivity index (χ1) is 14.6. The molecule has 0 atom stereocenters. The van der Waals surface area contributed by atoms with Crippen molar-refractivity contribution in [2.45, 2.75) is 12.8 Å². The molecule has 1 aromatic heterocycles. The van der Waals surface area contributed by atoms with Crippen LogP contribution < -0.4 is 11.1 Å². The predicted molar refractivity (Wildman–Crippen MR) is 121 cm³/mol. The Kier molecular flexibility index (Phi) is 6.00. The first kappa shape index (κ1) is 20.0. The van der Waals surface area contributed by atoms with Crippen LogP contribution in [0.15, 0.2) is 79.0 Å². The van der Waals surface area contributed by atoms with Crippen LogP contribution in [0.2, 0.25) is 5.02 Å². The number of halogens is 2. The molecule has 3 N–H and O–H groups in total. The normalized spacial score (nSPS) is 10.9. The summed E-state index contributed by atoms with van der Waals surface area (Å²) in [4.78, 5) is 4.85. The third-order valence-corrected chi connectivity index (χ3v) is 5.12. The predicted octanol–water partition coefficient (Wildman–Crippen LogP) is 5.49. The van der Waals surface area contributed by atoms with Crippen molar-refractivity contribution >= 4 is 23.0 Å². The van der Waals surface area contributed by atoms with E-state index < -0.39 is 0 Å². The van der Waals surface area contributed by atoms with Crippen molar-refractivity contribution in [2.24, 2.45) is 0 Å². The third-order valence-electron chi connectivity index (χ3n) is 4.87. The van der Waals surface area contributed by atoms with E-state index in [2.05, 4.69) is 9.88 Å². The first-order valence-electron chi connectivity index (χ1n) is 9.74. The molecule has 0 saturated carbocycles. The molecule has 4 nitrogen and oxygen atoms in total. The van der Waals surface area contributed by atoms with Crippen LogP contribution in [-0.2, 0) is 12.8 Å². The number of nitrogens with zero attached hydrogens (tertiary/aromatic N) is 2. The Morgan fingerprint density at radius 1 is 0.967 bits per heavy atom. The zero-order valence-corrected chi connectivity index (χ0v) is 17.1. The van der Waals surface area contributed by atoms with Crippen molar-refractivity contribution in [2.75, 3.05) is 17.6 Å². The van der Waals surface area contributed by atoms with Gasteiger partial charge in [-0.25, -0.2) is 9.37 Å². The van der Waals surface area contributed by atoms with E-state index in [-0.39, 0.29) is 5.82 Å². The van der Waals surface area contributed by atoms with Gasteiger partial charge in [-0.3, -0.25) is 0 Å². The summed E-state index contributed by atoms with van der Waals surface area (Å²) in [5.74, 6) is 0.643. The molecule has 3 aromatic carbocycles. The molecule has 30 heavy (non-hydrogen) atoms. The van der Waals surface area contributed by atoms with E-state index in [4.69, 9.17) is 22.3 Å². The van der Waals surface area contributed by atoms with Crippen molar-refractivity contribution in [3.8, 4) is 5.69 Å². The Morgan fingerprint density at radius 2 is 1.70 bits per heavy atom. The number of aromatic nitrogens is 2. The largest absolute Gasteiger partial charge is 0.397 e. The Balaban J connectivity index is 1.55. The Morgan fingerprint density at radius 3 is 2.43 bits per heavy atom. The van der Waals surface area contributed by atoms with Gasteiger partial charge in [0.25, 0.3) is 0 Å². The van der Waals surface area contributed by atoms with E-state index in [9.17, 15) is 4.39 Å². The molecular weight excluding hydrogens is 399 g/mol. The highest BCUT2D eigenvalue weighted by Gasteiger charge is 2.11. The topological polar surface area (TPSA) is 55.9 Å². The number of hydrogen-bond acceptors (Lipinski definition) is 3. The Bertz CT molecular complexity index is 1120. The van der Waals surface area contributed by atoms with Crippen molar-refractivity contribution in [1.29, 1.82) is 0 Å². The smallest absolute Gasteiger partial charge is 0.123 e. The molecule has 152 valence electrons. The first-order valence-corrected chi connectivity index (χ1v) is 10.1. The van der Waals surface area contributed by atoms with Crippen molar-refractivity contribution < 1.29 is 4.39 Å². The number of imidazole rings is 1. The van der Waals surface area contributed by atoms with Gasteiger partial charge in [-0.1, -0.05) is 35.9 Å². The van der Waals surface area contributed by atoms with E-state index in [1.54, 1.807) is 12.1 Å². The summed E-state index contributed by atoms with van der Waals surface area (Å²) in [7, 11) is 0. The zero-order valence-electron chi connectivity index (χ0n) is 16.4. The minimum absolute atomic E-state index is 0.244. The number of anilines is 2. The van der Waals surface area contributed by atoms with Gasteiger partial charge in [-0.15, -0.1) is 0 Å². The van der Waals surface area contributed by atoms with Crippen LogP contribution in [0.25, 0.3) is 5.69 Å². The number of nitrogen functional groups attached to an aromatic ring is 1. The lowest BCUT2D eigenvalue weighted by Crippen LogP contribution is -2.07. The average Bonchev–Trinajstić information content (AvgIpc) is 3.14. The lowest BCUT2D eigenvalue weighted by atomic mass is 10.1. The lowest BCUT2D eigenvalue weighted by Gasteiger charge is -2.08. The van der Waals surface area contributed by atoms with E-state index in [1.807, 2.05) is 54.7 Å². The van der Waals surface area contributed by atoms with Gasteiger partial charge in [0.1, 0.15) is 11.6 Å². The van der Waals surface area contributed by atoms with Crippen molar-refractivity contribution in [3.63, 3.8) is 0 Å². The SMILES string of the molecule is Nc1ccccc1NCCc1cn(-c2ccc(Cl)cc2)c(Cc2ccc(F)cc2)n1. The molecule has 0 unspecified atom stereocenters. The standard InChI is InChI=1S/C24H22ClFN4/c25-18-7-11-21(12-8-18)30-16-20(13-14-28-23-4-2-1-3-22(23)27)29-24(30)15-17-5-9-19(26)10-6-17/h1-12,16,28H,13-15,27H2. The number of nitrogens with one attached hydrogen (secondary N) is 1. The van der Waals surface area contributed by atoms with Gasteiger partial charge in [0.2, 0.25) is 0 Å². The molecular formula is C24H22ClFN4. The summed E-state index contributed by atoms with van der Waals surface area (Å²) >= 11 is 6.05. The van der Waals surface area contributed by atoms with Crippen LogP contribution in [0.4, 0.5) is 15.8 Å². The summed E-state index contributed by atoms with van der Waals surface area (Å²) in [5.41, 5.74) is 10.6. The zero-order chi connectivity index (χ0) is 20.9. The number of benzene rings is 3. The van der Waals surface area contributed by atoms with E-state index in [0.717, 1.165) is 40.6 Å². The number of nitrogens with two attached hydrogens (primary N) is 1. The fraction of sp³-hybridized carbons (Fsp3) is 0.125. The van der Waals surface area contributed by atoms with Gasteiger partial charge in [-0.2, -0.15) is 0 Å². The minimum Gasteiger partial charge on any atom is -0.397 e. The molecule has 0 fully saturated rings. The lowest BCUT2D eigenvalue weighted by molar-refractivity contribution is 0.627. The maximum Gasteiger partial charge on any atom is 0.123 e. The number of rotatable bonds is 7. The van der Waals surface area contributed by atoms with Gasteiger partial charge in [0, 0.05) is 36.3 Å². The molecule has 0 amide bonds. The molecule has 0 saturated heterocycles. The molecule has 6 heteroatoms. The number of para-hydroxylation sites is 2. The monoisotopic (exact) mass is 420 g/mol. The quantitative estimate of drug-likeness (QED) is 0.388. The van der Waals surface area contributed by atoms with E-state index >= 15 is 0 Å². The summed E-state index contributed by atoms with van der Waals surface area (Å²) in [5, 5.41) is 4.04. The average molecular weight is 421 g/mol. The molecule has 0 bridgehead atoms. The second kappa shape index (κ2) is 9.01. The molecule has 0 spiro atoms. The summed E-state index contributed by atoms with van der Waals surface area (Å²) in [6, 6.07) is 21.9. The highest BCUT2D eigenvalue weighted by atomic mass is 35.5. The molecule has 0 aliphatic carbocycles. The van der Waals surface area contributed by atoms with E-state index in [0.29, 0.717) is 18.0 Å². The summed E-state index contributed by atoms with van der Waals surface area (Å²) < 4.78 is 15.3. The van der Waals surface area contributed by atoms with Gasteiger partial charge in [0.05, 0.1) is 17.1 Å². The highest BCUT2D eigenvalue weighted by molar-refractivity contribution is 6.30. The van der Waals surface area contributed by atoms with Gasteiger partial charge in [0.15, 0.2) is 0 Å². The molecule has 4 aromatic rings. The fourth-order valence-corrected chi connectivity index (χ4v) is 3.44. The van der Waals surface area contributed by atoms with Crippen LogP contribution in [0, 0.1) is 5.82 Å². The maximum atomic E-state index is 13.3. The third kappa shape index (κ3) is 4.81. The van der Waals surface area contributed by atoms with Gasteiger partial charge < -0.3 is 15.6 Å². The molecule has 0 aliphatic rings. The maximum absolute atomic E-state index is 13.3. The van der Waals surface area contributed by atoms with Crippen molar-refractivity contribution in [3.05, 3.63) is 107 Å². The highest BCUT2D eigenvalue weighted by Crippen LogP contribution is 2.20. The molecule has 0 aliphatic heterocycles. The fourth-order valence-electron chi connectivity index (χ4n) is 3.31. The van der Waals surface area contributed by atoms with Crippen LogP contribution in [0.3, 0.4) is 0 Å². The summed E-state index contributed by atoms with van der Waals surface area (Å²) in [6.07, 6.45) is 3.38. The second-order valence-electron chi connectivity index (χ2n) is 7.06.